The zero-order valence-electron chi connectivity index (χ0n) is 8.61. The maximum absolute atomic E-state index is 3.97. The molecule has 0 saturated heterocycles. The van der Waals surface area contributed by atoms with Crippen LogP contribution in [0.3, 0.4) is 0 Å². The van der Waals surface area contributed by atoms with E-state index in [0.29, 0.717) is 0 Å². The summed E-state index contributed by atoms with van der Waals surface area (Å²) in [5, 5.41) is 11.0. The molecule has 1 N–H and O–H groups in total. The van der Waals surface area contributed by atoms with Crippen LogP contribution >= 0.6 is 15.9 Å². The van der Waals surface area contributed by atoms with Crippen LogP contribution in [0, 0.1) is 0 Å². The average molecular weight is 270 g/mol. The highest BCUT2D eigenvalue weighted by Gasteiger charge is 2.08. The Labute approximate surface area is 96.6 Å². The Morgan fingerprint density at radius 1 is 1.47 bits per heavy atom. The van der Waals surface area contributed by atoms with Crippen LogP contribution in [0.15, 0.2) is 28.7 Å². The van der Waals surface area contributed by atoms with Gasteiger partial charge in [-0.3, -0.25) is 4.68 Å². The zero-order valence-corrected chi connectivity index (χ0v) is 10.2. The Morgan fingerprint density at radius 3 is 2.87 bits per heavy atom. The van der Waals surface area contributed by atoms with Crippen molar-refractivity contribution in [3.8, 4) is 0 Å². The highest BCUT2D eigenvalue weighted by atomic mass is 79.9. The third-order valence-corrected chi connectivity index (χ3v) is 2.40. The first-order chi connectivity index (χ1) is 7.13. The largest absolute Gasteiger partial charge is 0.374 e. The predicted molar refractivity (Wildman–Crippen MR) is 62.3 cm³/mol. The molecule has 0 amide bonds. The summed E-state index contributed by atoms with van der Waals surface area (Å²) in [5.41, 5.74) is 1.09. The van der Waals surface area contributed by atoms with E-state index < -0.39 is 0 Å². The summed E-state index contributed by atoms with van der Waals surface area (Å²) in [5.74, 6) is 0.763. The van der Waals surface area contributed by atoms with Crippen LogP contribution in [-0.4, -0.2) is 33.5 Å². The van der Waals surface area contributed by atoms with Crippen LogP contribution in [-0.2, 0) is 7.05 Å². The minimum absolute atomic E-state index is 0.763. The van der Waals surface area contributed by atoms with Crippen molar-refractivity contribution in [2.24, 2.45) is 7.05 Å². The van der Waals surface area contributed by atoms with Gasteiger partial charge in [0.15, 0.2) is 5.82 Å². The molecule has 2 rings (SSSR count). The van der Waals surface area contributed by atoms with Gasteiger partial charge in [0.05, 0.1) is 12.7 Å². The average Bonchev–Trinajstić information content (AvgIpc) is 2.49. The van der Waals surface area contributed by atoms with Gasteiger partial charge in [0.2, 0.25) is 0 Å². The number of hydrogen-bond donors (Lipinski definition) is 1. The summed E-state index contributed by atoms with van der Waals surface area (Å²) in [7, 11) is 3.86. The number of rotatable bonds is 2. The number of nitrogens with one attached hydrogen (secondary N) is 1. The van der Waals surface area contributed by atoms with Gasteiger partial charge in [-0.1, -0.05) is 5.21 Å². The van der Waals surface area contributed by atoms with Crippen molar-refractivity contribution in [3.63, 3.8) is 0 Å². The first-order valence-corrected chi connectivity index (χ1v) is 5.34. The van der Waals surface area contributed by atoms with E-state index in [1.807, 2.05) is 32.6 Å². The summed E-state index contributed by atoms with van der Waals surface area (Å²) in [4.78, 5) is 2.09. The quantitative estimate of drug-likeness (QED) is 0.879. The molecule has 1 aliphatic rings. The lowest BCUT2D eigenvalue weighted by atomic mass is 10.3. The fraction of sp³-hybridized carbons (Fsp3) is 0.333. The van der Waals surface area contributed by atoms with Gasteiger partial charge in [-0.2, -0.15) is 0 Å². The molecule has 0 bridgehead atoms. The van der Waals surface area contributed by atoms with Gasteiger partial charge in [0.25, 0.3) is 0 Å². The molecular formula is C9H12BrN5. The molecular weight excluding hydrogens is 258 g/mol. The fourth-order valence-corrected chi connectivity index (χ4v) is 2.04. The Kier molecular flexibility index (Phi) is 2.77. The molecule has 1 aromatic rings. The first-order valence-electron chi connectivity index (χ1n) is 4.55. The van der Waals surface area contributed by atoms with Crippen LogP contribution < -0.4 is 5.32 Å². The van der Waals surface area contributed by atoms with E-state index >= 15 is 0 Å². The van der Waals surface area contributed by atoms with Crippen molar-refractivity contribution in [3.05, 3.63) is 28.7 Å². The minimum Gasteiger partial charge on any atom is -0.374 e. The standard InChI is InChI=1S/C9H12BrN5/c1-14-4-7(10)3-8(5-14)11-9-6-15(2)13-12-9/h3-4,6,11H,5H2,1-2H3. The normalized spacial score (nSPS) is 16.1. The lowest BCUT2D eigenvalue weighted by molar-refractivity contribution is 0.491. The smallest absolute Gasteiger partial charge is 0.172 e. The van der Waals surface area contributed by atoms with E-state index in [9.17, 15) is 0 Å². The molecule has 2 heterocycles. The van der Waals surface area contributed by atoms with Crippen molar-refractivity contribution in [2.45, 2.75) is 0 Å². The predicted octanol–water partition coefficient (Wildman–Crippen LogP) is 1.29. The minimum atomic E-state index is 0.763. The number of halogens is 1. The van der Waals surface area contributed by atoms with Crippen LogP contribution in [0.1, 0.15) is 0 Å². The monoisotopic (exact) mass is 269 g/mol. The van der Waals surface area contributed by atoms with E-state index in [4.69, 9.17) is 0 Å². The van der Waals surface area contributed by atoms with Crippen molar-refractivity contribution in [1.29, 1.82) is 0 Å². The Morgan fingerprint density at radius 2 is 2.27 bits per heavy atom. The molecule has 80 valence electrons. The molecule has 0 atom stereocenters. The molecule has 0 saturated carbocycles. The van der Waals surface area contributed by atoms with Crippen LogP contribution in [0.25, 0.3) is 0 Å². The van der Waals surface area contributed by atoms with E-state index in [1.165, 1.54) is 0 Å². The van der Waals surface area contributed by atoms with Gasteiger partial charge < -0.3 is 10.2 Å². The number of aromatic nitrogens is 3. The molecule has 0 aliphatic carbocycles. The molecule has 0 radical (unpaired) electrons. The van der Waals surface area contributed by atoms with E-state index in [1.54, 1.807) is 4.68 Å². The Balaban J connectivity index is 2.10. The van der Waals surface area contributed by atoms with E-state index in [2.05, 4.69) is 36.5 Å². The highest BCUT2D eigenvalue weighted by Crippen LogP contribution is 2.18. The van der Waals surface area contributed by atoms with Gasteiger partial charge in [0, 0.05) is 30.5 Å². The first kappa shape index (κ1) is 10.2. The summed E-state index contributed by atoms with van der Waals surface area (Å²) in [6.45, 7) is 0.839. The van der Waals surface area contributed by atoms with Crippen LogP contribution in [0.2, 0.25) is 0 Å². The van der Waals surface area contributed by atoms with Crippen molar-refractivity contribution >= 4 is 21.7 Å². The molecule has 6 heteroatoms. The second-order valence-electron chi connectivity index (χ2n) is 3.50. The number of anilines is 1. The molecule has 0 fully saturated rings. The third-order valence-electron chi connectivity index (χ3n) is 1.97. The van der Waals surface area contributed by atoms with Crippen LogP contribution in [0.5, 0.6) is 0 Å². The van der Waals surface area contributed by atoms with E-state index in [0.717, 1.165) is 22.5 Å². The lowest BCUT2D eigenvalue weighted by Gasteiger charge is -2.21. The van der Waals surface area contributed by atoms with Gasteiger partial charge >= 0.3 is 0 Å². The summed E-state index contributed by atoms with van der Waals surface area (Å²) < 4.78 is 2.71. The van der Waals surface area contributed by atoms with Crippen molar-refractivity contribution < 1.29 is 0 Å². The molecule has 0 aromatic carbocycles. The van der Waals surface area contributed by atoms with Gasteiger partial charge in [-0.05, 0) is 22.0 Å². The Hall–Kier alpha value is -1.30. The molecule has 0 spiro atoms. The van der Waals surface area contributed by atoms with Gasteiger partial charge in [-0.15, -0.1) is 5.10 Å². The maximum Gasteiger partial charge on any atom is 0.172 e. The molecule has 1 aliphatic heterocycles. The van der Waals surface area contributed by atoms with Crippen molar-refractivity contribution in [2.75, 3.05) is 18.9 Å². The summed E-state index contributed by atoms with van der Waals surface area (Å²) >= 11 is 3.45. The second kappa shape index (κ2) is 4.06. The lowest BCUT2D eigenvalue weighted by Crippen LogP contribution is -2.21. The number of nitrogens with zero attached hydrogens (tertiary/aromatic N) is 4. The number of likely N-dealkylation sites (N-methyl/N-ethyl adjacent to an activating group) is 1. The number of allylic oxidation sites excluding steroid dienone is 2. The van der Waals surface area contributed by atoms with Gasteiger partial charge in [0.1, 0.15) is 0 Å². The Bertz CT molecular complexity index is 420. The summed E-state index contributed by atoms with van der Waals surface area (Å²) in [6.07, 6.45) is 5.91. The second-order valence-corrected chi connectivity index (χ2v) is 4.42. The summed E-state index contributed by atoms with van der Waals surface area (Å²) in [6, 6.07) is 0. The fourth-order valence-electron chi connectivity index (χ4n) is 1.42. The van der Waals surface area contributed by atoms with Crippen molar-refractivity contribution in [1.82, 2.24) is 19.9 Å². The SMILES string of the molecule is CN1C=C(Br)C=C(Nc2cn(C)nn2)C1. The van der Waals surface area contributed by atoms with Gasteiger partial charge in [-0.25, -0.2) is 0 Å². The topological polar surface area (TPSA) is 46.0 Å². The molecule has 5 nitrogen and oxygen atoms in total. The zero-order chi connectivity index (χ0) is 10.8. The maximum atomic E-state index is 3.97. The van der Waals surface area contributed by atoms with E-state index in [-0.39, 0.29) is 0 Å². The molecule has 0 unspecified atom stereocenters. The number of aryl methyl sites for hydroxylation is 1. The molecule has 1 aromatic heterocycles. The molecule has 15 heavy (non-hydrogen) atoms. The number of hydrogen-bond acceptors (Lipinski definition) is 4. The van der Waals surface area contributed by atoms with Crippen LogP contribution in [0.4, 0.5) is 5.82 Å². The highest BCUT2D eigenvalue weighted by molar-refractivity contribution is 9.11. The third kappa shape index (κ3) is 2.59.